The van der Waals surface area contributed by atoms with Gasteiger partial charge in [0.15, 0.2) is 0 Å². The molecule has 1 aromatic carbocycles. The lowest BCUT2D eigenvalue weighted by molar-refractivity contribution is -0.139. The van der Waals surface area contributed by atoms with E-state index >= 15 is 0 Å². The number of carbonyl (C=O) groups excluding carboxylic acids is 1. The molecule has 0 bridgehead atoms. The van der Waals surface area contributed by atoms with Gasteiger partial charge in [-0.3, -0.25) is 4.79 Å². The molecule has 0 saturated heterocycles. The van der Waals surface area contributed by atoms with Crippen LogP contribution in [0.4, 0.5) is 8.78 Å². The van der Waals surface area contributed by atoms with Crippen molar-refractivity contribution in [2.45, 2.75) is 6.42 Å². The largest absolute Gasteiger partial charge is 0.469 e. The van der Waals surface area contributed by atoms with Crippen molar-refractivity contribution in [2.24, 2.45) is 5.11 Å². The van der Waals surface area contributed by atoms with Gasteiger partial charge in [0.1, 0.15) is 16.6 Å². The number of esters is 1. The Morgan fingerprint density at radius 2 is 2.17 bits per heavy atom. The number of azide groups is 1. The highest BCUT2D eigenvalue weighted by Gasteiger charge is 2.15. The van der Waals surface area contributed by atoms with Crippen molar-refractivity contribution in [1.82, 2.24) is 0 Å². The Morgan fingerprint density at radius 3 is 2.72 bits per heavy atom. The molecule has 0 heterocycles. The molecule has 0 aliphatic heterocycles. The molecule has 18 heavy (non-hydrogen) atoms. The van der Waals surface area contributed by atoms with E-state index in [1.165, 1.54) is 0 Å². The SMILES string of the molecule is COC(=O)Cc1cc(C(=S)N=[N+]=[N-])c(F)cc1F. The molecule has 0 unspecified atom stereocenters. The highest BCUT2D eigenvalue weighted by molar-refractivity contribution is 7.80. The maximum atomic E-state index is 13.4. The lowest BCUT2D eigenvalue weighted by Crippen LogP contribution is -2.08. The monoisotopic (exact) mass is 271 g/mol. The molecule has 0 spiro atoms. The van der Waals surface area contributed by atoms with Crippen LogP contribution in [0.2, 0.25) is 0 Å². The summed E-state index contributed by atoms with van der Waals surface area (Å²) in [5.74, 6) is -2.54. The molecule has 1 rings (SSSR count). The van der Waals surface area contributed by atoms with Crippen LogP contribution in [0.1, 0.15) is 11.1 Å². The smallest absolute Gasteiger partial charge is 0.310 e. The van der Waals surface area contributed by atoms with Crippen LogP contribution >= 0.6 is 12.2 Å². The van der Waals surface area contributed by atoms with Gasteiger partial charge in [0, 0.05) is 16.5 Å². The summed E-state index contributed by atoms with van der Waals surface area (Å²) in [6.07, 6.45) is -0.367. The van der Waals surface area contributed by atoms with Crippen molar-refractivity contribution >= 4 is 23.2 Å². The second kappa shape index (κ2) is 6.04. The van der Waals surface area contributed by atoms with E-state index < -0.39 is 17.6 Å². The Labute approximate surface area is 106 Å². The fourth-order valence-corrected chi connectivity index (χ4v) is 1.41. The summed E-state index contributed by atoms with van der Waals surface area (Å²) in [5, 5.41) is 3.06. The normalized spacial score (nSPS) is 9.50. The summed E-state index contributed by atoms with van der Waals surface area (Å²) in [4.78, 5) is 13.1. The van der Waals surface area contributed by atoms with E-state index in [1.807, 2.05) is 0 Å². The summed E-state index contributed by atoms with van der Waals surface area (Å²) in [6, 6.07) is 1.60. The predicted molar refractivity (Wildman–Crippen MR) is 62.9 cm³/mol. The van der Waals surface area contributed by atoms with Gasteiger partial charge in [-0.1, -0.05) is 12.2 Å². The summed E-state index contributed by atoms with van der Waals surface area (Å²) in [6.45, 7) is 0. The average molecular weight is 271 g/mol. The van der Waals surface area contributed by atoms with Crippen molar-refractivity contribution in [2.75, 3.05) is 7.11 Å². The van der Waals surface area contributed by atoms with Gasteiger partial charge in [-0.25, -0.2) is 8.78 Å². The summed E-state index contributed by atoms with van der Waals surface area (Å²) < 4.78 is 31.2. The maximum Gasteiger partial charge on any atom is 0.310 e. The molecule has 0 N–H and O–H groups in total. The fourth-order valence-electron chi connectivity index (χ4n) is 1.22. The number of hydrogen-bond acceptors (Lipinski definition) is 3. The Morgan fingerprint density at radius 1 is 1.50 bits per heavy atom. The van der Waals surface area contributed by atoms with E-state index in [2.05, 4.69) is 27.0 Å². The molecule has 0 atom stereocenters. The van der Waals surface area contributed by atoms with Crippen LogP contribution in [0, 0.1) is 11.6 Å². The highest BCUT2D eigenvalue weighted by atomic mass is 32.1. The second-order valence-corrected chi connectivity index (χ2v) is 3.56. The first kappa shape index (κ1) is 14.0. The van der Waals surface area contributed by atoms with Crippen LogP contribution in [0.3, 0.4) is 0 Å². The lowest BCUT2D eigenvalue weighted by Gasteiger charge is -2.06. The molecule has 0 aromatic heterocycles. The third-order valence-corrected chi connectivity index (χ3v) is 2.37. The minimum Gasteiger partial charge on any atom is -0.469 e. The minimum atomic E-state index is -0.960. The van der Waals surface area contributed by atoms with E-state index in [0.29, 0.717) is 6.07 Å². The lowest BCUT2D eigenvalue weighted by atomic mass is 10.1. The van der Waals surface area contributed by atoms with Crippen molar-refractivity contribution in [1.29, 1.82) is 0 Å². The second-order valence-electron chi connectivity index (χ2n) is 3.17. The van der Waals surface area contributed by atoms with Crippen molar-refractivity contribution in [3.8, 4) is 0 Å². The molecular weight excluding hydrogens is 264 g/mol. The number of nitrogens with zero attached hydrogens (tertiary/aromatic N) is 3. The van der Waals surface area contributed by atoms with Crippen LogP contribution in [-0.2, 0) is 16.0 Å². The Hall–Kier alpha value is -2.05. The standard InChI is InChI=1S/C10H7F2N3O2S/c1-17-9(16)3-5-2-6(10(18)14-15-13)8(12)4-7(5)11/h2,4H,3H2,1H3. The number of rotatable bonds is 3. The quantitative estimate of drug-likeness (QED) is 0.279. The Bertz CT molecular complexity index is 556. The Kier molecular flexibility index (Phi) is 4.70. The third kappa shape index (κ3) is 3.22. The molecule has 0 amide bonds. The number of hydrogen-bond donors (Lipinski definition) is 0. The summed E-state index contributed by atoms with van der Waals surface area (Å²) in [7, 11) is 1.15. The molecule has 0 saturated carbocycles. The van der Waals surface area contributed by atoms with Gasteiger partial charge in [-0.2, -0.15) is 0 Å². The highest BCUT2D eigenvalue weighted by Crippen LogP contribution is 2.17. The van der Waals surface area contributed by atoms with Gasteiger partial charge in [0.25, 0.3) is 0 Å². The van der Waals surface area contributed by atoms with Gasteiger partial charge in [-0.05, 0) is 22.3 Å². The summed E-state index contributed by atoms with van der Waals surface area (Å²) >= 11 is 4.65. The van der Waals surface area contributed by atoms with Crippen molar-refractivity contribution < 1.29 is 18.3 Å². The van der Waals surface area contributed by atoms with Crippen LogP contribution in [-0.4, -0.2) is 18.1 Å². The van der Waals surface area contributed by atoms with Gasteiger partial charge in [0.2, 0.25) is 0 Å². The van der Waals surface area contributed by atoms with Gasteiger partial charge in [-0.15, -0.1) is 0 Å². The first-order chi connectivity index (χ1) is 8.49. The minimum absolute atomic E-state index is 0.0891. The molecule has 5 nitrogen and oxygen atoms in total. The van der Waals surface area contributed by atoms with E-state index in [0.717, 1.165) is 13.2 Å². The fraction of sp³-hybridized carbons (Fsp3) is 0.200. The molecule has 0 fully saturated rings. The van der Waals surface area contributed by atoms with Crippen molar-refractivity contribution in [3.63, 3.8) is 0 Å². The molecule has 94 valence electrons. The van der Waals surface area contributed by atoms with E-state index in [1.54, 1.807) is 0 Å². The zero-order chi connectivity index (χ0) is 13.7. The van der Waals surface area contributed by atoms with E-state index in [9.17, 15) is 13.6 Å². The van der Waals surface area contributed by atoms with E-state index in [-0.39, 0.29) is 22.5 Å². The number of thiocarbonyl (C=S) groups is 1. The maximum absolute atomic E-state index is 13.4. The topological polar surface area (TPSA) is 75.1 Å². The number of ether oxygens (including phenoxy) is 1. The van der Waals surface area contributed by atoms with Crippen LogP contribution in [0.5, 0.6) is 0 Å². The predicted octanol–water partition coefficient (Wildman–Crippen LogP) is 2.67. The molecule has 1 aromatic rings. The van der Waals surface area contributed by atoms with Crippen LogP contribution in [0.25, 0.3) is 10.4 Å². The van der Waals surface area contributed by atoms with Crippen LogP contribution < -0.4 is 0 Å². The van der Waals surface area contributed by atoms with Crippen molar-refractivity contribution in [3.05, 3.63) is 45.3 Å². The number of benzene rings is 1. The molecule has 0 aliphatic carbocycles. The number of methoxy groups -OCH3 is 1. The van der Waals surface area contributed by atoms with Gasteiger partial charge >= 0.3 is 5.97 Å². The van der Waals surface area contributed by atoms with Gasteiger partial charge < -0.3 is 4.74 Å². The zero-order valence-corrected chi connectivity index (χ0v) is 10.0. The first-order valence-electron chi connectivity index (χ1n) is 4.63. The molecule has 0 radical (unpaired) electrons. The third-order valence-electron chi connectivity index (χ3n) is 2.06. The molecule has 0 aliphatic rings. The Balaban J connectivity index is 3.21. The number of halogens is 2. The van der Waals surface area contributed by atoms with E-state index in [4.69, 9.17) is 5.53 Å². The summed E-state index contributed by atoms with van der Waals surface area (Å²) in [5.41, 5.74) is 7.87. The first-order valence-corrected chi connectivity index (χ1v) is 5.04. The molecular formula is C10H7F2N3O2S. The molecule has 8 heteroatoms. The number of carbonyl (C=O) groups is 1. The average Bonchev–Trinajstić information content (AvgIpc) is 2.32. The van der Waals surface area contributed by atoms with Gasteiger partial charge in [0.05, 0.1) is 13.5 Å². The van der Waals surface area contributed by atoms with Crippen LogP contribution in [0.15, 0.2) is 17.2 Å². The zero-order valence-electron chi connectivity index (χ0n) is 9.18.